The van der Waals surface area contributed by atoms with Gasteiger partial charge in [0.2, 0.25) is 0 Å². The zero-order chi connectivity index (χ0) is 29.7. The van der Waals surface area contributed by atoms with Crippen LogP contribution in [0.25, 0.3) is 0 Å². The van der Waals surface area contributed by atoms with Gasteiger partial charge in [-0.1, -0.05) is 43.5 Å². The first-order chi connectivity index (χ1) is 20.5. The van der Waals surface area contributed by atoms with Crippen LogP contribution in [0.3, 0.4) is 0 Å². The number of fused-ring (bicyclic) bond motifs is 1. The second-order valence-electron chi connectivity index (χ2n) is 11.0. The SMILES string of the molecule is COC(=O)CCCCCOCCCCCC1SCC2C1N(Cc1ccc(OC)cc1)C(=O)N2Cc1ccc(OC)cc1. The Morgan fingerprint density at radius 3 is 1.93 bits per heavy atom. The maximum absolute atomic E-state index is 13.9. The van der Waals surface area contributed by atoms with E-state index in [4.69, 9.17) is 14.2 Å². The summed E-state index contributed by atoms with van der Waals surface area (Å²) in [6, 6.07) is 16.6. The van der Waals surface area contributed by atoms with E-state index in [9.17, 15) is 9.59 Å². The van der Waals surface area contributed by atoms with Gasteiger partial charge in [-0.15, -0.1) is 0 Å². The molecule has 4 rings (SSSR count). The number of benzene rings is 2. The summed E-state index contributed by atoms with van der Waals surface area (Å²) in [5, 5.41) is 0.425. The van der Waals surface area contributed by atoms with E-state index in [0.717, 1.165) is 86.5 Å². The lowest BCUT2D eigenvalue weighted by Crippen LogP contribution is -2.40. The number of methoxy groups -OCH3 is 3. The smallest absolute Gasteiger partial charge is 0.321 e. The number of ether oxygens (including phenoxy) is 4. The first kappa shape index (κ1) is 32.0. The maximum atomic E-state index is 13.9. The average molecular weight is 599 g/mol. The van der Waals surface area contributed by atoms with Gasteiger partial charge in [0, 0.05) is 43.7 Å². The molecule has 0 spiro atoms. The van der Waals surface area contributed by atoms with Crippen LogP contribution in [0, 0.1) is 0 Å². The van der Waals surface area contributed by atoms with Crippen LogP contribution < -0.4 is 9.47 Å². The van der Waals surface area contributed by atoms with E-state index in [0.29, 0.717) is 24.8 Å². The van der Waals surface area contributed by atoms with Gasteiger partial charge < -0.3 is 28.7 Å². The lowest BCUT2D eigenvalue weighted by Gasteiger charge is -2.27. The van der Waals surface area contributed by atoms with Gasteiger partial charge in [0.25, 0.3) is 0 Å². The molecule has 2 aliphatic heterocycles. The van der Waals surface area contributed by atoms with Crippen LogP contribution in [0.5, 0.6) is 11.5 Å². The topological polar surface area (TPSA) is 77.5 Å². The van der Waals surface area contributed by atoms with E-state index in [2.05, 4.69) is 38.8 Å². The molecule has 3 unspecified atom stereocenters. The molecule has 8 nitrogen and oxygen atoms in total. The molecule has 2 heterocycles. The Labute approximate surface area is 255 Å². The van der Waals surface area contributed by atoms with E-state index in [-0.39, 0.29) is 24.1 Å². The van der Waals surface area contributed by atoms with Crippen molar-refractivity contribution >= 4 is 23.8 Å². The predicted octanol–water partition coefficient (Wildman–Crippen LogP) is 6.30. The van der Waals surface area contributed by atoms with Crippen molar-refractivity contribution in [1.29, 1.82) is 0 Å². The standard InChI is InChI=1S/C33H46N2O6S/c1-38-27-16-12-25(13-17-27)22-34-29-24-42-30(10-6-4-8-20-41-21-9-5-7-11-31(36)40-3)32(29)35(33(34)37)23-26-14-18-28(39-2)19-15-26/h12-19,29-30,32H,4-11,20-24H2,1-3H3. The zero-order valence-electron chi connectivity index (χ0n) is 25.3. The molecule has 0 radical (unpaired) electrons. The van der Waals surface area contributed by atoms with Crippen LogP contribution in [-0.2, 0) is 27.4 Å². The number of amides is 2. The van der Waals surface area contributed by atoms with Crippen molar-refractivity contribution < 1.29 is 28.5 Å². The highest BCUT2D eigenvalue weighted by Gasteiger charge is 2.52. The zero-order valence-corrected chi connectivity index (χ0v) is 26.1. The lowest BCUT2D eigenvalue weighted by atomic mass is 10.0. The summed E-state index contributed by atoms with van der Waals surface area (Å²) in [6.45, 7) is 2.73. The van der Waals surface area contributed by atoms with Crippen LogP contribution in [0.1, 0.15) is 62.5 Å². The Morgan fingerprint density at radius 1 is 0.786 bits per heavy atom. The van der Waals surface area contributed by atoms with Crippen molar-refractivity contribution in [3.63, 3.8) is 0 Å². The summed E-state index contributed by atoms with van der Waals surface area (Å²) >= 11 is 2.02. The first-order valence-electron chi connectivity index (χ1n) is 15.1. The van der Waals surface area contributed by atoms with Crippen molar-refractivity contribution in [2.45, 2.75) is 81.8 Å². The number of rotatable bonds is 18. The van der Waals surface area contributed by atoms with E-state index >= 15 is 0 Å². The third-order valence-electron chi connectivity index (χ3n) is 8.21. The number of carbonyl (C=O) groups excluding carboxylic acids is 2. The van der Waals surface area contributed by atoms with Crippen LogP contribution in [-0.4, -0.2) is 79.4 Å². The highest BCUT2D eigenvalue weighted by atomic mass is 32.2. The quantitative estimate of drug-likeness (QED) is 0.113. The normalized spacial score (nSPS) is 19.7. The second kappa shape index (κ2) is 16.7. The highest BCUT2D eigenvalue weighted by molar-refractivity contribution is 8.00. The fourth-order valence-corrected chi connectivity index (χ4v) is 7.51. The molecule has 0 saturated carbocycles. The van der Waals surface area contributed by atoms with Gasteiger partial charge in [0.05, 0.1) is 33.4 Å². The van der Waals surface area contributed by atoms with Gasteiger partial charge in [-0.25, -0.2) is 4.79 Å². The second-order valence-corrected chi connectivity index (χ2v) is 12.3. The molecule has 0 N–H and O–H groups in total. The summed E-state index contributed by atoms with van der Waals surface area (Å²) in [5.74, 6) is 2.47. The van der Waals surface area contributed by atoms with Crippen LogP contribution in [0.15, 0.2) is 48.5 Å². The van der Waals surface area contributed by atoms with Crippen molar-refractivity contribution in [3.05, 3.63) is 59.7 Å². The summed E-state index contributed by atoms with van der Waals surface area (Å²) < 4.78 is 21.1. The predicted molar refractivity (Wildman–Crippen MR) is 166 cm³/mol. The van der Waals surface area contributed by atoms with E-state index < -0.39 is 0 Å². The lowest BCUT2D eigenvalue weighted by molar-refractivity contribution is -0.140. The molecule has 230 valence electrons. The number of urea groups is 1. The minimum absolute atomic E-state index is 0.127. The number of carbonyl (C=O) groups is 2. The van der Waals surface area contributed by atoms with Crippen molar-refractivity contribution in [2.24, 2.45) is 0 Å². The molecule has 9 heteroatoms. The maximum Gasteiger partial charge on any atom is 0.321 e. The van der Waals surface area contributed by atoms with Crippen molar-refractivity contribution in [3.8, 4) is 11.5 Å². The summed E-state index contributed by atoms with van der Waals surface area (Å²) in [7, 11) is 4.77. The Balaban J connectivity index is 1.28. The molecule has 0 aliphatic carbocycles. The molecule has 2 aliphatic rings. The molecule has 0 aromatic heterocycles. The monoisotopic (exact) mass is 598 g/mol. The minimum atomic E-state index is -0.140. The number of hydrogen-bond donors (Lipinski definition) is 0. The van der Waals surface area contributed by atoms with Gasteiger partial charge in [-0.2, -0.15) is 11.8 Å². The number of nitrogens with zero attached hydrogens (tertiary/aromatic N) is 2. The van der Waals surface area contributed by atoms with Gasteiger partial charge in [-0.05, 0) is 61.1 Å². The highest BCUT2D eigenvalue weighted by Crippen LogP contribution is 2.43. The Bertz CT molecular complexity index is 1110. The molecule has 2 aromatic carbocycles. The van der Waals surface area contributed by atoms with Gasteiger partial charge in [0.15, 0.2) is 0 Å². The van der Waals surface area contributed by atoms with Gasteiger partial charge in [-0.3, -0.25) is 4.79 Å². The van der Waals surface area contributed by atoms with Gasteiger partial charge in [0.1, 0.15) is 11.5 Å². The fraction of sp³-hybridized carbons (Fsp3) is 0.576. The molecular weight excluding hydrogens is 552 g/mol. The van der Waals surface area contributed by atoms with Crippen molar-refractivity contribution in [1.82, 2.24) is 9.80 Å². The number of esters is 1. The van der Waals surface area contributed by atoms with Crippen LogP contribution in [0.4, 0.5) is 4.79 Å². The van der Waals surface area contributed by atoms with Crippen LogP contribution >= 0.6 is 11.8 Å². The summed E-state index contributed by atoms with van der Waals surface area (Å²) in [6.07, 6.45) is 7.70. The van der Waals surface area contributed by atoms with Gasteiger partial charge >= 0.3 is 12.0 Å². The first-order valence-corrected chi connectivity index (χ1v) is 16.2. The summed E-state index contributed by atoms with van der Waals surface area (Å²) in [5.41, 5.74) is 2.23. The molecular formula is C33H46N2O6S. The largest absolute Gasteiger partial charge is 0.497 e. The van der Waals surface area contributed by atoms with Crippen molar-refractivity contribution in [2.75, 3.05) is 40.3 Å². The Morgan fingerprint density at radius 2 is 1.36 bits per heavy atom. The molecule has 2 saturated heterocycles. The average Bonchev–Trinajstić information content (AvgIpc) is 3.54. The fourth-order valence-electron chi connectivity index (χ4n) is 5.83. The van der Waals surface area contributed by atoms with Crippen LogP contribution in [0.2, 0.25) is 0 Å². The Kier molecular flexibility index (Phi) is 12.7. The number of hydrogen-bond acceptors (Lipinski definition) is 7. The minimum Gasteiger partial charge on any atom is -0.497 e. The van der Waals surface area contributed by atoms with E-state index in [1.54, 1.807) is 14.2 Å². The molecule has 0 bridgehead atoms. The number of unbranched alkanes of at least 4 members (excludes halogenated alkanes) is 4. The Hall–Kier alpha value is -2.91. The molecule has 2 aromatic rings. The van der Waals surface area contributed by atoms with E-state index in [1.165, 1.54) is 7.11 Å². The third-order valence-corrected chi connectivity index (χ3v) is 9.68. The molecule has 2 fully saturated rings. The number of thioether (sulfide) groups is 1. The third kappa shape index (κ3) is 8.80. The summed E-state index contributed by atoms with van der Waals surface area (Å²) in [4.78, 5) is 29.2. The van der Waals surface area contributed by atoms with E-state index in [1.807, 2.05) is 36.0 Å². The molecule has 3 atom stereocenters. The molecule has 42 heavy (non-hydrogen) atoms. The molecule has 2 amide bonds.